The van der Waals surface area contributed by atoms with Crippen LogP contribution < -0.4 is 11.1 Å². The number of amides is 1. The van der Waals surface area contributed by atoms with E-state index in [0.717, 1.165) is 36.7 Å². The van der Waals surface area contributed by atoms with Crippen molar-refractivity contribution in [1.29, 1.82) is 0 Å². The monoisotopic (exact) mass is 286 g/mol. The molecule has 0 fully saturated rings. The van der Waals surface area contributed by atoms with Crippen LogP contribution in [0.5, 0.6) is 0 Å². The summed E-state index contributed by atoms with van der Waals surface area (Å²) in [7, 11) is 1.82. The standard InChI is InChI=1S/C11H22N6OS/c1-4-13-11(2,9(12)18)7-5-6-8-19-10-14-15-16-17(10)3/h13H,4-8H2,1-3H3,(H2,12,18). The number of carbonyl (C=O) groups excluding carboxylic acids is 1. The number of hydrogen-bond donors (Lipinski definition) is 2. The first-order valence-electron chi connectivity index (χ1n) is 6.39. The number of aromatic nitrogens is 4. The fourth-order valence-electron chi connectivity index (χ4n) is 1.78. The normalized spacial score (nSPS) is 14.3. The molecule has 0 spiro atoms. The van der Waals surface area contributed by atoms with Crippen LogP contribution in [0.3, 0.4) is 0 Å². The molecule has 1 heterocycles. The van der Waals surface area contributed by atoms with Crippen molar-refractivity contribution < 1.29 is 4.79 Å². The second-order valence-corrected chi connectivity index (χ2v) is 5.68. The molecular weight excluding hydrogens is 264 g/mol. The van der Waals surface area contributed by atoms with Crippen LogP contribution in [0.25, 0.3) is 0 Å². The average molecular weight is 286 g/mol. The van der Waals surface area contributed by atoms with Crippen molar-refractivity contribution in [2.75, 3.05) is 12.3 Å². The highest BCUT2D eigenvalue weighted by atomic mass is 32.2. The van der Waals surface area contributed by atoms with Gasteiger partial charge in [-0.05, 0) is 36.7 Å². The largest absolute Gasteiger partial charge is 0.368 e. The van der Waals surface area contributed by atoms with Crippen LogP contribution >= 0.6 is 11.8 Å². The van der Waals surface area contributed by atoms with Gasteiger partial charge in [0, 0.05) is 12.8 Å². The minimum absolute atomic E-state index is 0.292. The molecule has 3 N–H and O–H groups in total. The Bertz CT molecular complexity index is 410. The molecule has 1 amide bonds. The smallest absolute Gasteiger partial charge is 0.237 e. The number of likely N-dealkylation sites (N-methyl/N-ethyl adjacent to an activating group) is 1. The van der Waals surface area contributed by atoms with Crippen LogP contribution in [0.1, 0.15) is 33.1 Å². The molecule has 1 atom stereocenters. The van der Waals surface area contributed by atoms with E-state index >= 15 is 0 Å². The number of primary amides is 1. The molecule has 1 aromatic rings. The summed E-state index contributed by atoms with van der Waals surface area (Å²) in [6, 6.07) is 0. The van der Waals surface area contributed by atoms with Gasteiger partial charge in [0.2, 0.25) is 11.1 Å². The van der Waals surface area contributed by atoms with Gasteiger partial charge in [-0.2, -0.15) is 0 Å². The van der Waals surface area contributed by atoms with E-state index in [9.17, 15) is 4.79 Å². The number of tetrazole rings is 1. The van der Waals surface area contributed by atoms with Gasteiger partial charge >= 0.3 is 0 Å². The topological polar surface area (TPSA) is 98.7 Å². The third kappa shape index (κ3) is 4.79. The fraction of sp³-hybridized carbons (Fsp3) is 0.818. The van der Waals surface area contributed by atoms with Crippen LogP contribution in [0, 0.1) is 0 Å². The van der Waals surface area contributed by atoms with Crippen LogP contribution in [0.2, 0.25) is 0 Å². The molecule has 108 valence electrons. The summed E-state index contributed by atoms with van der Waals surface area (Å²) in [6.45, 7) is 4.56. The molecule has 0 bridgehead atoms. The molecule has 7 nitrogen and oxygen atoms in total. The predicted octanol–water partition coefficient (Wildman–Crippen LogP) is 0.326. The lowest BCUT2D eigenvalue weighted by Gasteiger charge is -2.26. The zero-order valence-corrected chi connectivity index (χ0v) is 12.5. The van der Waals surface area contributed by atoms with Crippen LogP contribution in [0.4, 0.5) is 0 Å². The van der Waals surface area contributed by atoms with Crippen molar-refractivity contribution in [3.8, 4) is 0 Å². The lowest BCUT2D eigenvalue weighted by molar-refractivity contribution is -0.124. The number of nitrogens with two attached hydrogens (primary N) is 1. The second kappa shape index (κ2) is 7.44. The lowest BCUT2D eigenvalue weighted by atomic mass is 9.94. The van der Waals surface area contributed by atoms with E-state index in [1.165, 1.54) is 0 Å². The van der Waals surface area contributed by atoms with Gasteiger partial charge in [-0.3, -0.25) is 4.79 Å². The van der Waals surface area contributed by atoms with Crippen molar-refractivity contribution in [2.45, 2.75) is 43.8 Å². The third-order valence-electron chi connectivity index (χ3n) is 2.99. The second-order valence-electron chi connectivity index (χ2n) is 4.62. The molecule has 0 aliphatic rings. The highest BCUT2D eigenvalue weighted by molar-refractivity contribution is 7.99. The Morgan fingerprint density at radius 2 is 2.26 bits per heavy atom. The fourth-order valence-corrected chi connectivity index (χ4v) is 2.63. The minimum Gasteiger partial charge on any atom is -0.368 e. The van der Waals surface area contributed by atoms with Crippen molar-refractivity contribution >= 4 is 17.7 Å². The number of nitrogens with zero attached hydrogens (tertiary/aromatic N) is 4. The molecule has 0 saturated heterocycles. The summed E-state index contributed by atoms with van der Waals surface area (Å²) >= 11 is 1.62. The number of thioether (sulfide) groups is 1. The Balaban J connectivity index is 2.26. The van der Waals surface area contributed by atoms with E-state index in [-0.39, 0.29) is 5.91 Å². The average Bonchev–Trinajstić information content (AvgIpc) is 2.75. The molecule has 8 heteroatoms. The van der Waals surface area contributed by atoms with E-state index in [4.69, 9.17) is 5.73 Å². The molecule has 1 unspecified atom stereocenters. The molecule has 1 rings (SSSR count). The zero-order valence-electron chi connectivity index (χ0n) is 11.7. The number of rotatable bonds is 9. The van der Waals surface area contributed by atoms with Crippen molar-refractivity contribution in [2.24, 2.45) is 12.8 Å². The Morgan fingerprint density at radius 1 is 1.53 bits per heavy atom. The maximum absolute atomic E-state index is 11.4. The van der Waals surface area contributed by atoms with E-state index in [0.29, 0.717) is 0 Å². The van der Waals surface area contributed by atoms with Crippen molar-refractivity contribution in [1.82, 2.24) is 25.5 Å². The zero-order chi connectivity index (χ0) is 14.3. The van der Waals surface area contributed by atoms with E-state index in [1.807, 2.05) is 20.9 Å². The molecule has 0 radical (unpaired) electrons. The van der Waals surface area contributed by atoms with E-state index in [2.05, 4.69) is 20.8 Å². The number of hydrogen-bond acceptors (Lipinski definition) is 6. The van der Waals surface area contributed by atoms with E-state index < -0.39 is 5.54 Å². The van der Waals surface area contributed by atoms with Gasteiger partial charge in [-0.1, -0.05) is 25.1 Å². The first-order valence-corrected chi connectivity index (χ1v) is 7.38. The summed E-state index contributed by atoms with van der Waals surface area (Å²) in [6.07, 6.45) is 2.67. The molecule has 0 aliphatic carbocycles. The molecule has 1 aromatic heterocycles. The summed E-state index contributed by atoms with van der Waals surface area (Å²) < 4.78 is 1.65. The molecule has 0 aromatic carbocycles. The quantitative estimate of drug-likeness (QED) is 0.501. The highest BCUT2D eigenvalue weighted by Crippen LogP contribution is 2.18. The predicted molar refractivity (Wildman–Crippen MR) is 74.6 cm³/mol. The Morgan fingerprint density at radius 3 is 2.79 bits per heavy atom. The maximum atomic E-state index is 11.4. The molecule has 19 heavy (non-hydrogen) atoms. The maximum Gasteiger partial charge on any atom is 0.237 e. The van der Waals surface area contributed by atoms with Gasteiger partial charge in [0.25, 0.3) is 0 Å². The van der Waals surface area contributed by atoms with Crippen LogP contribution in [0.15, 0.2) is 5.16 Å². The summed E-state index contributed by atoms with van der Waals surface area (Å²) in [5.74, 6) is 0.634. The Kier molecular flexibility index (Phi) is 6.23. The Labute approximate surface area is 117 Å². The van der Waals surface area contributed by atoms with Gasteiger partial charge in [0.1, 0.15) is 0 Å². The lowest BCUT2D eigenvalue weighted by Crippen LogP contribution is -2.52. The third-order valence-corrected chi connectivity index (χ3v) is 4.09. The number of aryl methyl sites for hydroxylation is 1. The van der Waals surface area contributed by atoms with Gasteiger partial charge < -0.3 is 11.1 Å². The first-order chi connectivity index (χ1) is 8.99. The summed E-state index contributed by atoms with van der Waals surface area (Å²) in [5, 5.41) is 15.2. The van der Waals surface area contributed by atoms with Crippen molar-refractivity contribution in [3.05, 3.63) is 0 Å². The number of nitrogens with one attached hydrogen (secondary N) is 1. The highest BCUT2D eigenvalue weighted by Gasteiger charge is 2.28. The molecular formula is C11H22N6OS. The summed E-state index contributed by atoms with van der Waals surface area (Å²) in [5.41, 5.74) is 4.83. The van der Waals surface area contributed by atoms with Crippen molar-refractivity contribution in [3.63, 3.8) is 0 Å². The molecule has 0 saturated carbocycles. The van der Waals surface area contributed by atoms with Gasteiger partial charge in [0.05, 0.1) is 5.54 Å². The number of carbonyl (C=O) groups is 1. The summed E-state index contributed by atoms with van der Waals surface area (Å²) in [4.78, 5) is 11.4. The Hall–Kier alpha value is -1.15. The van der Waals surface area contributed by atoms with Gasteiger partial charge in [-0.25, -0.2) is 4.68 Å². The molecule has 0 aliphatic heterocycles. The number of unbranched alkanes of at least 4 members (excludes halogenated alkanes) is 1. The van der Waals surface area contributed by atoms with Crippen LogP contribution in [-0.2, 0) is 11.8 Å². The first kappa shape index (κ1) is 15.9. The van der Waals surface area contributed by atoms with Gasteiger partial charge in [-0.15, -0.1) is 5.10 Å². The van der Waals surface area contributed by atoms with E-state index in [1.54, 1.807) is 16.4 Å². The van der Waals surface area contributed by atoms with Gasteiger partial charge in [0.15, 0.2) is 0 Å². The van der Waals surface area contributed by atoms with Crippen LogP contribution in [-0.4, -0.2) is 44.0 Å². The SMILES string of the molecule is CCNC(C)(CCCCSc1nnnn1C)C(N)=O. The minimum atomic E-state index is -0.605.